The molecule has 0 saturated carbocycles. The highest BCUT2D eigenvalue weighted by molar-refractivity contribution is 7.98. The minimum atomic E-state index is -3.56. The number of benzene rings is 2. The van der Waals surface area contributed by atoms with Crippen LogP contribution in [0.3, 0.4) is 0 Å². The zero-order chi connectivity index (χ0) is 20.7. The number of nitrogens with one attached hydrogen (secondary N) is 1. The van der Waals surface area contributed by atoms with Crippen molar-refractivity contribution in [3.8, 4) is 0 Å². The molecular weight excluding hydrogens is 392 g/mol. The number of rotatable bonds is 9. The van der Waals surface area contributed by atoms with Crippen LogP contribution in [0, 0.1) is 20.8 Å². The molecule has 0 bridgehead atoms. The Morgan fingerprint density at radius 1 is 1.07 bits per heavy atom. The van der Waals surface area contributed by atoms with Gasteiger partial charge in [0.05, 0.1) is 11.9 Å². The number of thioether (sulfide) groups is 1. The number of sulfonamides is 1. The molecule has 7 heteroatoms. The number of anilines is 1. The lowest BCUT2D eigenvalue weighted by Crippen LogP contribution is -2.41. The predicted molar refractivity (Wildman–Crippen MR) is 118 cm³/mol. The number of aryl methyl sites for hydroxylation is 3. The van der Waals surface area contributed by atoms with Gasteiger partial charge in [-0.1, -0.05) is 47.5 Å². The molecule has 1 N–H and O–H groups in total. The number of hydrogen-bond donors (Lipinski definition) is 1. The number of carbonyl (C=O) groups excluding carboxylic acids is 1. The molecule has 0 spiro atoms. The van der Waals surface area contributed by atoms with Crippen molar-refractivity contribution >= 4 is 33.4 Å². The molecule has 2 rings (SSSR count). The molecule has 0 atom stereocenters. The normalized spacial score (nSPS) is 11.3. The topological polar surface area (TPSA) is 66.5 Å². The molecule has 0 heterocycles. The van der Waals surface area contributed by atoms with Crippen LogP contribution in [0.1, 0.15) is 22.3 Å². The molecule has 2 aromatic carbocycles. The van der Waals surface area contributed by atoms with Gasteiger partial charge in [0.2, 0.25) is 15.9 Å². The molecule has 1 amide bonds. The first-order valence-corrected chi connectivity index (χ1v) is 12.1. The Kier molecular flexibility index (Phi) is 7.95. The first kappa shape index (κ1) is 22.3. The predicted octanol–water partition coefficient (Wildman–Crippen LogP) is 3.43. The lowest BCUT2D eigenvalue weighted by Gasteiger charge is -2.24. The Morgan fingerprint density at radius 2 is 1.79 bits per heavy atom. The van der Waals surface area contributed by atoms with Gasteiger partial charge in [-0.3, -0.25) is 9.10 Å². The maximum atomic E-state index is 12.3. The van der Waals surface area contributed by atoms with Crippen molar-refractivity contribution in [1.29, 1.82) is 0 Å². The molecule has 0 aliphatic heterocycles. The standard InChI is InChI=1S/C21H28N2O3S2/c1-16-6-5-7-19(13-16)15-27-11-10-22-21(24)14-23(28(4,25)26)20-9-8-17(2)12-18(20)3/h5-9,12-13H,10-11,14-15H2,1-4H3,(H,22,24). The summed E-state index contributed by atoms with van der Waals surface area (Å²) < 4.78 is 25.6. The number of nitrogens with zero attached hydrogens (tertiary/aromatic N) is 1. The highest BCUT2D eigenvalue weighted by atomic mass is 32.2. The van der Waals surface area contributed by atoms with E-state index in [0.29, 0.717) is 12.2 Å². The Labute approximate surface area is 172 Å². The van der Waals surface area contributed by atoms with Gasteiger partial charge in [-0.05, 0) is 38.0 Å². The Bertz CT molecular complexity index is 927. The fraction of sp³-hybridized carbons (Fsp3) is 0.381. The van der Waals surface area contributed by atoms with Crippen LogP contribution in [-0.2, 0) is 20.6 Å². The molecule has 0 aromatic heterocycles. The van der Waals surface area contributed by atoms with Crippen LogP contribution in [-0.4, -0.2) is 39.4 Å². The monoisotopic (exact) mass is 420 g/mol. The van der Waals surface area contributed by atoms with E-state index in [1.807, 2.05) is 32.0 Å². The summed E-state index contributed by atoms with van der Waals surface area (Å²) in [5, 5.41) is 2.82. The van der Waals surface area contributed by atoms with E-state index in [-0.39, 0.29) is 12.5 Å². The van der Waals surface area contributed by atoms with Crippen molar-refractivity contribution in [2.45, 2.75) is 26.5 Å². The summed E-state index contributed by atoms with van der Waals surface area (Å²) >= 11 is 1.74. The number of amides is 1. The summed E-state index contributed by atoms with van der Waals surface area (Å²) in [5.41, 5.74) is 4.90. The summed E-state index contributed by atoms with van der Waals surface area (Å²) in [5.74, 6) is 1.35. The number of hydrogen-bond acceptors (Lipinski definition) is 4. The van der Waals surface area contributed by atoms with Gasteiger partial charge in [0, 0.05) is 18.1 Å². The van der Waals surface area contributed by atoms with E-state index >= 15 is 0 Å². The van der Waals surface area contributed by atoms with Crippen molar-refractivity contribution in [3.05, 3.63) is 64.7 Å². The lowest BCUT2D eigenvalue weighted by atomic mass is 10.1. The fourth-order valence-corrected chi connectivity index (χ4v) is 4.63. The van der Waals surface area contributed by atoms with Gasteiger partial charge in [-0.25, -0.2) is 8.42 Å². The second-order valence-corrected chi connectivity index (χ2v) is 9.96. The smallest absolute Gasteiger partial charge is 0.240 e. The van der Waals surface area contributed by atoms with Crippen molar-refractivity contribution < 1.29 is 13.2 Å². The maximum Gasteiger partial charge on any atom is 0.240 e. The minimum absolute atomic E-state index is 0.217. The van der Waals surface area contributed by atoms with Crippen molar-refractivity contribution in [2.75, 3.05) is 29.4 Å². The van der Waals surface area contributed by atoms with E-state index in [2.05, 4.69) is 30.4 Å². The van der Waals surface area contributed by atoms with Gasteiger partial charge >= 0.3 is 0 Å². The van der Waals surface area contributed by atoms with Crippen LogP contribution >= 0.6 is 11.8 Å². The second-order valence-electron chi connectivity index (χ2n) is 6.95. The van der Waals surface area contributed by atoms with Crippen LogP contribution in [0.5, 0.6) is 0 Å². The van der Waals surface area contributed by atoms with Gasteiger partial charge in [-0.15, -0.1) is 0 Å². The second kappa shape index (κ2) is 9.98. The summed E-state index contributed by atoms with van der Waals surface area (Å²) in [6.07, 6.45) is 1.12. The van der Waals surface area contributed by atoms with E-state index in [4.69, 9.17) is 0 Å². The molecule has 2 aromatic rings. The zero-order valence-corrected chi connectivity index (χ0v) is 18.5. The highest BCUT2D eigenvalue weighted by Gasteiger charge is 2.22. The summed E-state index contributed by atoms with van der Waals surface area (Å²) in [6.45, 7) is 6.14. The Balaban J connectivity index is 1.86. The van der Waals surface area contributed by atoms with E-state index in [0.717, 1.165) is 33.2 Å². The van der Waals surface area contributed by atoms with Crippen molar-refractivity contribution in [1.82, 2.24) is 5.32 Å². The lowest BCUT2D eigenvalue weighted by molar-refractivity contribution is -0.119. The van der Waals surface area contributed by atoms with Crippen LogP contribution in [0.15, 0.2) is 42.5 Å². The molecule has 0 aliphatic carbocycles. The Morgan fingerprint density at radius 3 is 2.43 bits per heavy atom. The SMILES string of the molecule is Cc1cccc(CSCCNC(=O)CN(c2ccc(C)cc2C)S(C)(=O)=O)c1. The van der Waals surface area contributed by atoms with Crippen LogP contribution < -0.4 is 9.62 Å². The van der Waals surface area contributed by atoms with Gasteiger partial charge < -0.3 is 5.32 Å². The molecule has 5 nitrogen and oxygen atoms in total. The van der Waals surface area contributed by atoms with E-state index < -0.39 is 10.0 Å². The van der Waals surface area contributed by atoms with E-state index in [1.165, 1.54) is 11.1 Å². The average Bonchev–Trinajstić information content (AvgIpc) is 2.59. The molecule has 152 valence electrons. The third-order valence-electron chi connectivity index (χ3n) is 4.23. The minimum Gasteiger partial charge on any atom is -0.354 e. The van der Waals surface area contributed by atoms with Gasteiger partial charge in [0.1, 0.15) is 6.54 Å². The average molecular weight is 421 g/mol. The quantitative estimate of drug-likeness (QED) is 0.631. The first-order valence-electron chi connectivity index (χ1n) is 9.12. The molecule has 0 radical (unpaired) electrons. The van der Waals surface area contributed by atoms with Gasteiger partial charge in [0.15, 0.2) is 0 Å². The summed E-state index contributed by atoms with van der Waals surface area (Å²) in [4.78, 5) is 12.3. The van der Waals surface area contributed by atoms with Crippen molar-refractivity contribution in [2.24, 2.45) is 0 Å². The van der Waals surface area contributed by atoms with Gasteiger partial charge in [-0.2, -0.15) is 11.8 Å². The van der Waals surface area contributed by atoms with E-state index in [1.54, 1.807) is 17.8 Å². The highest BCUT2D eigenvalue weighted by Crippen LogP contribution is 2.23. The van der Waals surface area contributed by atoms with Crippen LogP contribution in [0.2, 0.25) is 0 Å². The summed E-state index contributed by atoms with van der Waals surface area (Å²) in [6, 6.07) is 13.9. The van der Waals surface area contributed by atoms with Crippen molar-refractivity contribution in [3.63, 3.8) is 0 Å². The molecule has 0 saturated heterocycles. The fourth-order valence-electron chi connectivity index (χ4n) is 2.91. The van der Waals surface area contributed by atoms with Crippen LogP contribution in [0.25, 0.3) is 0 Å². The van der Waals surface area contributed by atoms with Gasteiger partial charge in [0.25, 0.3) is 0 Å². The van der Waals surface area contributed by atoms with Crippen LogP contribution in [0.4, 0.5) is 5.69 Å². The van der Waals surface area contributed by atoms with E-state index in [9.17, 15) is 13.2 Å². The maximum absolute atomic E-state index is 12.3. The molecule has 28 heavy (non-hydrogen) atoms. The molecule has 0 aliphatic rings. The molecule has 0 fully saturated rings. The Hall–Kier alpha value is -1.99. The number of carbonyl (C=O) groups is 1. The molecular formula is C21H28N2O3S2. The first-order chi connectivity index (χ1) is 13.2. The summed E-state index contributed by atoms with van der Waals surface area (Å²) in [7, 11) is -3.56. The molecule has 0 unspecified atom stereocenters. The third-order valence-corrected chi connectivity index (χ3v) is 6.39. The third kappa shape index (κ3) is 6.87. The zero-order valence-electron chi connectivity index (χ0n) is 16.9. The largest absolute Gasteiger partial charge is 0.354 e.